The molecular weight excluding hydrogens is 360 g/mol. The first-order valence-corrected chi connectivity index (χ1v) is 9.86. The van der Waals surface area contributed by atoms with E-state index in [1.807, 2.05) is 49.1 Å². The minimum Gasteiger partial charge on any atom is -0.334 e. The van der Waals surface area contributed by atoms with Crippen LogP contribution in [0.25, 0.3) is 0 Å². The SMILES string of the molecule is Cc1cccc(C)c1NC(=O)c1cccc(C(=O)N2CCc3ccccc3C2)c1. The van der Waals surface area contributed by atoms with Crippen LogP contribution in [0.2, 0.25) is 0 Å². The van der Waals surface area contributed by atoms with Crippen LogP contribution in [-0.4, -0.2) is 23.3 Å². The summed E-state index contributed by atoms with van der Waals surface area (Å²) in [7, 11) is 0. The van der Waals surface area contributed by atoms with Gasteiger partial charge >= 0.3 is 0 Å². The topological polar surface area (TPSA) is 49.4 Å². The highest BCUT2D eigenvalue weighted by molar-refractivity contribution is 6.06. The molecule has 3 aromatic rings. The number of carbonyl (C=O) groups excluding carboxylic acids is 2. The second-order valence-corrected chi connectivity index (χ2v) is 7.55. The standard InChI is InChI=1S/C25H24N2O2/c1-17-7-5-8-18(2)23(17)26-24(28)20-11-6-12-21(15-20)25(29)27-14-13-19-9-3-4-10-22(19)16-27/h3-12,15H,13-14,16H2,1-2H3,(H,26,28). The van der Waals surface area contributed by atoms with Crippen LogP contribution < -0.4 is 5.32 Å². The molecule has 0 saturated carbocycles. The van der Waals surface area contributed by atoms with Crippen LogP contribution >= 0.6 is 0 Å². The van der Waals surface area contributed by atoms with Gasteiger partial charge in [-0.1, -0.05) is 48.5 Å². The Hall–Kier alpha value is -3.40. The number of aryl methyl sites for hydroxylation is 2. The highest BCUT2D eigenvalue weighted by Crippen LogP contribution is 2.22. The van der Waals surface area contributed by atoms with E-state index in [0.717, 1.165) is 23.2 Å². The predicted octanol–water partition coefficient (Wildman–Crippen LogP) is 4.75. The normalized spacial score (nSPS) is 13.0. The lowest BCUT2D eigenvalue weighted by molar-refractivity contribution is 0.0734. The molecule has 0 atom stereocenters. The van der Waals surface area contributed by atoms with E-state index in [4.69, 9.17) is 0 Å². The van der Waals surface area contributed by atoms with E-state index in [9.17, 15) is 9.59 Å². The maximum Gasteiger partial charge on any atom is 0.255 e. The van der Waals surface area contributed by atoms with Crippen molar-refractivity contribution in [3.05, 3.63) is 100 Å². The quantitative estimate of drug-likeness (QED) is 0.708. The minimum atomic E-state index is -0.207. The van der Waals surface area contributed by atoms with Crippen LogP contribution in [0.5, 0.6) is 0 Å². The van der Waals surface area contributed by atoms with Gasteiger partial charge in [0.05, 0.1) is 0 Å². The van der Waals surface area contributed by atoms with Gasteiger partial charge in [0, 0.05) is 29.9 Å². The number of hydrogen-bond acceptors (Lipinski definition) is 2. The van der Waals surface area contributed by atoms with Gasteiger partial charge in [-0.25, -0.2) is 0 Å². The van der Waals surface area contributed by atoms with Gasteiger partial charge in [-0.2, -0.15) is 0 Å². The fraction of sp³-hybridized carbons (Fsp3) is 0.200. The summed E-state index contributed by atoms with van der Waals surface area (Å²) >= 11 is 0. The molecule has 1 aliphatic rings. The molecule has 1 heterocycles. The lowest BCUT2D eigenvalue weighted by atomic mass is 9.99. The number of fused-ring (bicyclic) bond motifs is 1. The Morgan fingerprint density at radius 3 is 2.24 bits per heavy atom. The summed E-state index contributed by atoms with van der Waals surface area (Å²) in [5.74, 6) is -0.248. The number of para-hydroxylation sites is 1. The zero-order chi connectivity index (χ0) is 20.4. The van der Waals surface area contributed by atoms with Crippen molar-refractivity contribution in [2.45, 2.75) is 26.8 Å². The molecular formula is C25H24N2O2. The molecule has 0 fully saturated rings. The fourth-order valence-corrected chi connectivity index (χ4v) is 3.84. The highest BCUT2D eigenvalue weighted by atomic mass is 16.2. The second kappa shape index (κ2) is 7.92. The Morgan fingerprint density at radius 1 is 0.828 bits per heavy atom. The van der Waals surface area contributed by atoms with Crippen LogP contribution in [0.3, 0.4) is 0 Å². The fourth-order valence-electron chi connectivity index (χ4n) is 3.84. The lowest BCUT2D eigenvalue weighted by Crippen LogP contribution is -2.36. The van der Waals surface area contributed by atoms with E-state index in [1.54, 1.807) is 24.3 Å². The van der Waals surface area contributed by atoms with Gasteiger partial charge in [0.15, 0.2) is 0 Å². The first kappa shape index (κ1) is 18.9. The maximum atomic E-state index is 13.0. The third-order valence-electron chi connectivity index (χ3n) is 5.51. The smallest absolute Gasteiger partial charge is 0.255 e. The summed E-state index contributed by atoms with van der Waals surface area (Å²) in [6.07, 6.45) is 0.856. The van der Waals surface area contributed by atoms with E-state index >= 15 is 0 Å². The number of anilines is 1. The largest absolute Gasteiger partial charge is 0.334 e. The number of rotatable bonds is 3. The molecule has 0 aliphatic carbocycles. The van der Waals surface area contributed by atoms with Gasteiger partial charge in [-0.05, 0) is 60.7 Å². The van der Waals surface area contributed by atoms with E-state index in [2.05, 4.69) is 17.4 Å². The van der Waals surface area contributed by atoms with Crippen LogP contribution in [0.15, 0.2) is 66.7 Å². The predicted molar refractivity (Wildman–Crippen MR) is 115 cm³/mol. The summed E-state index contributed by atoms with van der Waals surface area (Å²) < 4.78 is 0. The minimum absolute atomic E-state index is 0.0405. The zero-order valence-electron chi connectivity index (χ0n) is 16.7. The van der Waals surface area contributed by atoms with E-state index < -0.39 is 0 Å². The first-order chi connectivity index (χ1) is 14.0. The molecule has 3 aromatic carbocycles. The van der Waals surface area contributed by atoms with Gasteiger partial charge in [0.2, 0.25) is 0 Å². The molecule has 146 valence electrons. The van der Waals surface area contributed by atoms with Crippen LogP contribution in [0.1, 0.15) is 43.0 Å². The summed E-state index contributed by atoms with van der Waals surface area (Å²) in [4.78, 5) is 27.7. The maximum absolute atomic E-state index is 13.0. The average molecular weight is 384 g/mol. The molecule has 29 heavy (non-hydrogen) atoms. The summed E-state index contributed by atoms with van der Waals surface area (Å²) in [6, 6.07) is 21.1. The number of nitrogens with one attached hydrogen (secondary N) is 1. The average Bonchev–Trinajstić information content (AvgIpc) is 2.75. The summed E-state index contributed by atoms with van der Waals surface area (Å²) in [5.41, 5.74) is 6.36. The van der Waals surface area contributed by atoms with Gasteiger partial charge in [-0.3, -0.25) is 9.59 Å². The third-order valence-corrected chi connectivity index (χ3v) is 5.51. The molecule has 0 spiro atoms. The molecule has 0 bridgehead atoms. The first-order valence-electron chi connectivity index (χ1n) is 9.86. The number of nitrogens with zero attached hydrogens (tertiary/aromatic N) is 1. The van der Waals surface area contributed by atoms with Crippen molar-refractivity contribution < 1.29 is 9.59 Å². The van der Waals surface area contributed by atoms with E-state index in [0.29, 0.717) is 24.2 Å². The highest BCUT2D eigenvalue weighted by Gasteiger charge is 2.22. The third kappa shape index (κ3) is 3.92. The molecule has 0 radical (unpaired) electrons. The molecule has 2 amide bonds. The Balaban J connectivity index is 1.53. The number of carbonyl (C=O) groups is 2. The molecule has 1 N–H and O–H groups in total. The van der Waals surface area contributed by atoms with Gasteiger partial charge in [0.1, 0.15) is 0 Å². The van der Waals surface area contributed by atoms with E-state index in [1.165, 1.54) is 11.1 Å². The van der Waals surface area contributed by atoms with Crippen LogP contribution in [-0.2, 0) is 13.0 Å². The molecule has 0 aromatic heterocycles. The van der Waals surface area contributed by atoms with Gasteiger partial charge < -0.3 is 10.2 Å². The Labute approximate surface area is 171 Å². The van der Waals surface area contributed by atoms with Crippen molar-refractivity contribution in [2.75, 3.05) is 11.9 Å². The van der Waals surface area contributed by atoms with Crippen molar-refractivity contribution in [1.29, 1.82) is 0 Å². The van der Waals surface area contributed by atoms with Gasteiger partial charge in [0.25, 0.3) is 11.8 Å². The molecule has 4 rings (SSSR count). The number of hydrogen-bond donors (Lipinski definition) is 1. The molecule has 0 unspecified atom stereocenters. The lowest BCUT2D eigenvalue weighted by Gasteiger charge is -2.29. The van der Waals surface area contributed by atoms with Crippen molar-refractivity contribution in [3.8, 4) is 0 Å². The van der Waals surface area contributed by atoms with Crippen molar-refractivity contribution >= 4 is 17.5 Å². The number of amides is 2. The summed E-state index contributed by atoms with van der Waals surface area (Å²) in [5, 5.41) is 2.99. The Kier molecular flexibility index (Phi) is 5.17. The van der Waals surface area contributed by atoms with Crippen LogP contribution in [0, 0.1) is 13.8 Å². The zero-order valence-corrected chi connectivity index (χ0v) is 16.7. The second-order valence-electron chi connectivity index (χ2n) is 7.55. The monoisotopic (exact) mass is 384 g/mol. The molecule has 4 nitrogen and oxygen atoms in total. The Morgan fingerprint density at radius 2 is 1.48 bits per heavy atom. The summed E-state index contributed by atoms with van der Waals surface area (Å²) in [6.45, 7) is 5.23. The number of benzene rings is 3. The van der Waals surface area contributed by atoms with Crippen molar-refractivity contribution in [1.82, 2.24) is 4.90 Å². The van der Waals surface area contributed by atoms with E-state index in [-0.39, 0.29) is 11.8 Å². The van der Waals surface area contributed by atoms with Crippen molar-refractivity contribution in [2.24, 2.45) is 0 Å². The molecule has 1 aliphatic heterocycles. The van der Waals surface area contributed by atoms with Crippen LogP contribution in [0.4, 0.5) is 5.69 Å². The molecule has 4 heteroatoms. The van der Waals surface area contributed by atoms with Crippen molar-refractivity contribution in [3.63, 3.8) is 0 Å². The Bertz CT molecular complexity index is 1070. The molecule has 0 saturated heterocycles. The van der Waals surface area contributed by atoms with Gasteiger partial charge in [-0.15, -0.1) is 0 Å².